The Morgan fingerprint density at radius 3 is 2.35 bits per heavy atom. The van der Waals surface area contributed by atoms with E-state index in [9.17, 15) is 35.3 Å². The number of carbonyl (C=O) groups is 1. The number of halogens is 7. The van der Waals surface area contributed by atoms with Crippen LogP contribution < -0.4 is 14.8 Å². The maximum atomic E-state index is 13.2. The number of ether oxygens (including phenoxy) is 2. The normalized spacial score (nSPS) is 13.4. The van der Waals surface area contributed by atoms with Crippen LogP contribution in [-0.4, -0.2) is 40.0 Å². The Morgan fingerprint density at radius 2 is 1.76 bits per heavy atom. The van der Waals surface area contributed by atoms with Crippen molar-refractivity contribution in [2.75, 3.05) is 18.6 Å². The van der Waals surface area contributed by atoms with Crippen LogP contribution in [0.2, 0.25) is 5.02 Å². The van der Waals surface area contributed by atoms with Gasteiger partial charge in [0, 0.05) is 30.0 Å². The minimum Gasteiger partial charge on any atom is -0.435 e. The van der Waals surface area contributed by atoms with E-state index in [-0.39, 0.29) is 16.3 Å². The molecule has 198 valence electrons. The molecule has 3 rings (SSSR count). The second kappa shape index (κ2) is 10.4. The molecule has 0 aliphatic heterocycles. The zero-order chi connectivity index (χ0) is 27.6. The van der Waals surface area contributed by atoms with Gasteiger partial charge in [-0.3, -0.25) is 4.79 Å². The van der Waals surface area contributed by atoms with E-state index >= 15 is 0 Å². The molecule has 0 radical (unpaired) electrons. The number of amides is 1. The van der Waals surface area contributed by atoms with Crippen molar-refractivity contribution in [2.45, 2.75) is 17.4 Å². The lowest BCUT2D eigenvalue weighted by atomic mass is 10.2. The van der Waals surface area contributed by atoms with Crippen LogP contribution in [0.5, 0.6) is 17.4 Å². The van der Waals surface area contributed by atoms with Gasteiger partial charge in [-0.2, -0.15) is 13.2 Å². The van der Waals surface area contributed by atoms with Crippen molar-refractivity contribution in [1.29, 1.82) is 0 Å². The van der Waals surface area contributed by atoms with Crippen LogP contribution in [0.3, 0.4) is 0 Å². The topological polar surface area (TPSA) is 103 Å². The van der Waals surface area contributed by atoms with Gasteiger partial charge in [0.25, 0.3) is 11.8 Å². The molecule has 1 unspecified atom stereocenters. The fourth-order valence-corrected chi connectivity index (χ4v) is 3.83. The highest BCUT2D eigenvalue weighted by atomic mass is 35.5. The zero-order valence-corrected chi connectivity index (χ0v) is 20.2. The van der Waals surface area contributed by atoms with Crippen molar-refractivity contribution in [3.05, 3.63) is 64.8 Å². The molecule has 1 atom stereocenters. The summed E-state index contributed by atoms with van der Waals surface area (Å²) >= 11 is 5.91. The second-order valence-corrected chi connectivity index (χ2v) is 10.0. The summed E-state index contributed by atoms with van der Waals surface area (Å²) in [5.74, 6) is -2.88. The first kappa shape index (κ1) is 28.0. The number of hydrogen-bond donors (Lipinski definition) is 1. The van der Waals surface area contributed by atoms with Crippen molar-refractivity contribution >= 4 is 32.9 Å². The minimum absolute atomic E-state index is 0.0729. The molecular weight excluding hydrogens is 554 g/mol. The van der Waals surface area contributed by atoms with E-state index in [1.165, 1.54) is 37.6 Å². The number of hydrogen-bond acceptors (Lipinski definition) is 7. The Labute approximate surface area is 210 Å². The zero-order valence-electron chi connectivity index (χ0n) is 18.6. The van der Waals surface area contributed by atoms with E-state index in [1.54, 1.807) is 0 Å². The Bertz CT molecular complexity index is 1460. The number of alkyl halides is 6. The van der Waals surface area contributed by atoms with E-state index in [4.69, 9.17) is 16.3 Å². The number of rotatable bonds is 6. The van der Waals surface area contributed by atoms with E-state index in [0.717, 1.165) is 18.2 Å². The number of nitrogens with one attached hydrogen (secondary N) is 1. The van der Waals surface area contributed by atoms with Crippen molar-refractivity contribution in [1.82, 2.24) is 10.2 Å². The number of benzene rings is 2. The van der Waals surface area contributed by atoms with Gasteiger partial charge in [0.15, 0.2) is 5.69 Å². The molecule has 1 aromatic heterocycles. The van der Waals surface area contributed by atoms with Gasteiger partial charge >= 0.3 is 12.5 Å². The molecule has 0 spiro atoms. The maximum absolute atomic E-state index is 13.2. The van der Waals surface area contributed by atoms with Gasteiger partial charge in [0.2, 0.25) is 0 Å². The Hall–Kier alpha value is -3.59. The third kappa shape index (κ3) is 7.22. The molecule has 1 N–H and O–H groups in total. The molecule has 0 bridgehead atoms. The van der Waals surface area contributed by atoms with Gasteiger partial charge in [0.05, 0.1) is 14.8 Å². The minimum atomic E-state index is -5.00. The first-order valence-electron chi connectivity index (χ1n) is 9.79. The average molecular weight is 569 g/mol. The van der Waals surface area contributed by atoms with E-state index in [1.807, 2.05) is 0 Å². The summed E-state index contributed by atoms with van der Waals surface area (Å²) in [4.78, 5) is 13.2. The summed E-state index contributed by atoms with van der Waals surface area (Å²) in [6.45, 7) is 0. The summed E-state index contributed by atoms with van der Waals surface area (Å²) in [5.41, 5.74) is -2.17. The van der Waals surface area contributed by atoms with Crippen LogP contribution in [0.4, 0.5) is 32.0 Å². The summed E-state index contributed by atoms with van der Waals surface area (Å²) < 4.78 is 102. The van der Waals surface area contributed by atoms with E-state index < -0.39 is 56.1 Å². The third-order valence-corrected chi connectivity index (χ3v) is 6.64. The SMILES string of the molecule is CN=S(C)(=O)c1cccc(NC(=O)c2cc(C(F)(F)F)nnc2Oc2ccc(OC(F)(F)F)cc2Cl)c1. The molecule has 1 amide bonds. The summed E-state index contributed by atoms with van der Waals surface area (Å²) in [7, 11) is -1.44. The molecule has 0 fully saturated rings. The number of aromatic nitrogens is 2. The van der Waals surface area contributed by atoms with Gasteiger partial charge in [-0.25, -0.2) is 8.57 Å². The maximum Gasteiger partial charge on any atom is 0.573 e. The van der Waals surface area contributed by atoms with Crippen molar-refractivity contribution in [3.8, 4) is 17.4 Å². The predicted molar refractivity (Wildman–Crippen MR) is 120 cm³/mol. The molecule has 0 saturated carbocycles. The standard InChI is InChI=1S/C21H15ClF6N4O4S/c1-29-37(2,34)13-5-3-4-11(8-13)30-18(33)14-10-17(20(23,24)25)31-32-19(14)35-16-7-6-12(9-15(16)22)36-21(26,27)28/h3-10H,1-2H3,(H,30,33). The van der Waals surface area contributed by atoms with Crippen LogP contribution >= 0.6 is 11.6 Å². The first-order chi connectivity index (χ1) is 17.1. The lowest BCUT2D eigenvalue weighted by Gasteiger charge is -2.14. The molecule has 16 heteroatoms. The van der Waals surface area contributed by atoms with Gasteiger partial charge < -0.3 is 14.8 Å². The summed E-state index contributed by atoms with van der Waals surface area (Å²) in [6, 6.07) is 8.54. The van der Waals surface area contributed by atoms with Crippen LogP contribution in [0, 0.1) is 0 Å². The Morgan fingerprint density at radius 1 is 1.05 bits per heavy atom. The predicted octanol–water partition coefficient (Wildman–Crippen LogP) is 6.18. The monoisotopic (exact) mass is 568 g/mol. The van der Waals surface area contributed by atoms with Gasteiger partial charge in [0.1, 0.15) is 17.1 Å². The van der Waals surface area contributed by atoms with E-state index in [2.05, 4.69) is 24.6 Å². The summed E-state index contributed by atoms with van der Waals surface area (Å²) in [6.07, 6.45) is -8.61. The smallest absolute Gasteiger partial charge is 0.435 e. The third-order valence-electron chi connectivity index (χ3n) is 4.52. The highest BCUT2D eigenvalue weighted by molar-refractivity contribution is 7.93. The number of anilines is 1. The van der Waals surface area contributed by atoms with Gasteiger partial charge in [-0.05, 0) is 36.4 Å². The lowest BCUT2D eigenvalue weighted by molar-refractivity contribution is -0.274. The first-order valence-corrected chi connectivity index (χ1v) is 12.1. The molecule has 2 aromatic carbocycles. The van der Waals surface area contributed by atoms with Crippen LogP contribution in [0.15, 0.2) is 57.8 Å². The highest BCUT2D eigenvalue weighted by Crippen LogP contribution is 2.36. The van der Waals surface area contributed by atoms with Crippen molar-refractivity contribution in [3.63, 3.8) is 0 Å². The summed E-state index contributed by atoms with van der Waals surface area (Å²) in [5, 5.41) is 8.24. The molecule has 1 heterocycles. The quantitative estimate of drug-likeness (QED) is 0.356. The Kier molecular flexibility index (Phi) is 7.88. The fourth-order valence-electron chi connectivity index (χ4n) is 2.74. The van der Waals surface area contributed by atoms with Crippen molar-refractivity contribution in [2.24, 2.45) is 4.36 Å². The molecular formula is C21H15ClF6N4O4S. The Balaban J connectivity index is 1.98. The van der Waals surface area contributed by atoms with Crippen LogP contribution in [-0.2, 0) is 15.9 Å². The number of nitrogens with zero attached hydrogens (tertiary/aromatic N) is 3. The average Bonchev–Trinajstić information content (AvgIpc) is 2.79. The molecule has 37 heavy (non-hydrogen) atoms. The van der Waals surface area contributed by atoms with Crippen LogP contribution in [0.25, 0.3) is 0 Å². The van der Waals surface area contributed by atoms with Crippen molar-refractivity contribution < 1.29 is 44.8 Å². The highest BCUT2D eigenvalue weighted by Gasteiger charge is 2.35. The molecule has 8 nitrogen and oxygen atoms in total. The van der Waals surface area contributed by atoms with Crippen LogP contribution in [0.1, 0.15) is 16.1 Å². The lowest BCUT2D eigenvalue weighted by Crippen LogP contribution is -2.18. The van der Waals surface area contributed by atoms with Gasteiger partial charge in [-0.1, -0.05) is 17.7 Å². The molecule has 0 aliphatic carbocycles. The molecule has 3 aromatic rings. The fraction of sp³-hybridized carbons (Fsp3) is 0.190. The number of carbonyl (C=O) groups excluding carboxylic acids is 1. The largest absolute Gasteiger partial charge is 0.573 e. The van der Waals surface area contributed by atoms with Gasteiger partial charge in [-0.15, -0.1) is 23.4 Å². The second-order valence-electron chi connectivity index (χ2n) is 7.16. The molecule has 0 saturated heterocycles. The van der Waals surface area contributed by atoms with E-state index in [0.29, 0.717) is 6.07 Å². The molecule has 0 aliphatic rings.